The summed E-state index contributed by atoms with van der Waals surface area (Å²) in [5.74, 6) is -1.98. The molecule has 2 rings (SSSR count). The van der Waals surface area contributed by atoms with Gasteiger partial charge in [0, 0.05) is 25.3 Å². The van der Waals surface area contributed by atoms with Crippen LogP contribution in [0.1, 0.15) is 43.0 Å². The van der Waals surface area contributed by atoms with Crippen LogP contribution >= 0.6 is 0 Å². The van der Waals surface area contributed by atoms with Crippen molar-refractivity contribution >= 4 is 23.3 Å². The average molecular weight is 350 g/mol. The van der Waals surface area contributed by atoms with Gasteiger partial charge in [-0.05, 0) is 25.0 Å². The van der Waals surface area contributed by atoms with Crippen molar-refractivity contribution in [1.29, 1.82) is 0 Å². The minimum absolute atomic E-state index is 0.133. The van der Waals surface area contributed by atoms with Gasteiger partial charge in [-0.3, -0.25) is 9.59 Å². The van der Waals surface area contributed by atoms with Crippen LogP contribution in [-0.2, 0) is 14.3 Å². The predicted octanol–water partition coefficient (Wildman–Crippen LogP) is 1.34. The molecule has 1 fully saturated rings. The van der Waals surface area contributed by atoms with Gasteiger partial charge in [-0.25, -0.2) is 4.79 Å². The Labute approximate surface area is 145 Å². The molecule has 0 radical (unpaired) electrons. The molecule has 1 unspecified atom stereocenters. The largest absolute Gasteiger partial charge is 0.480 e. The minimum Gasteiger partial charge on any atom is -0.480 e. The average Bonchev–Trinajstić information content (AvgIpc) is 2.56. The van der Waals surface area contributed by atoms with Crippen molar-refractivity contribution < 1.29 is 29.0 Å². The van der Waals surface area contributed by atoms with Crippen LogP contribution in [-0.4, -0.2) is 41.7 Å². The molecular formula is C17H22N2O6. The molecule has 1 aromatic carbocycles. The number of ketones is 1. The number of carbonyl (C=O) groups is 3. The summed E-state index contributed by atoms with van der Waals surface area (Å²) in [5, 5.41) is 11.3. The number of hydrogen-bond donors (Lipinski definition) is 3. The first-order valence-corrected chi connectivity index (χ1v) is 8.08. The van der Waals surface area contributed by atoms with Crippen LogP contribution < -0.4 is 15.8 Å². The van der Waals surface area contributed by atoms with E-state index in [1.165, 1.54) is 13.0 Å². The lowest BCUT2D eigenvalue weighted by Gasteiger charge is -2.24. The van der Waals surface area contributed by atoms with Gasteiger partial charge < -0.3 is 25.6 Å². The number of rotatable bonds is 7. The van der Waals surface area contributed by atoms with Gasteiger partial charge in [0.05, 0.1) is 12.3 Å². The Morgan fingerprint density at radius 2 is 2.16 bits per heavy atom. The van der Waals surface area contributed by atoms with E-state index >= 15 is 0 Å². The van der Waals surface area contributed by atoms with E-state index in [-0.39, 0.29) is 11.3 Å². The molecule has 1 aromatic rings. The van der Waals surface area contributed by atoms with E-state index in [0.29, 0.717) is 12.4 Å². The maximum Gasteiger partial charge on any atom is 0.326 e. The molecule has 8 nitrogen and oxygen atoms in total. The molecule has 1 amide bonds. The summed E-state index contributed by atoms with van der Waals surface area (Å²) in [6.07, 6.45) is 1.89. The number of nitrogen functional groups attached to an aromatic ring is 1. The standard InChI is InChI=1S/C17H22N2O6/c1-10(20)19-12(17(22)23)9-13(21)11-5-4-6-14(16(11)18)25-15-7-2-3-8-24-15/h4-6,12,15H,2-3,7-9,18H2,1H3,(H,19,20)(H,22,23)/t12-,15?/m0/s1. The summed E-state index contributed by atoms with van der Waals surface area (Å²) >= 11 is 0. The summed E-state index contributed by atoms with van der Waals surface area (Å²) in [6, 6.07) is 3.43. The van der Waals surface area contributed by atoms with E-state index in [9.17, 15) is 14.4 Å². The summed E-state index contributed by atoms with van der Waals surface area (Å²) in [7, 11) is 0. The highest BCUT2D eigenvalue weighted by Gasteiger charge is 2.25. The Morgan fingerprint density at radius 3 is 2.76 bits per heavy atom. The molecule has 1 aliphatic rings. The Balaban J connectivity index is 2.12. The number of amides is 1. The number of para-hydroxylation sites is 1. The van der Waals surface area contributed by atoms with E-state index in [4.69, 9.17) is 20.3 Å². The van der Waals surface area contributed by atoms with Gasteiger partial charge >= 0.3 is 5.97 Å². The number of benzene rings is 1. The number of carboxylic acid groups (broad SMARTS) is 1. The van der Waals surface area contributed by atoms with E-state index < -0.39 is 36.4 Å². The van der Waals surface area contributed by atoms with Gasteiger partial charge in [0.2, 0.25) is 5.91 Å². The van der Waals surface area contributed by atoms with Crippen molar-refractivity contribution in [3.8, 4) is 5.75 Å². The normalized spacial score (nSPS) is 18.2. The van der Waals surface area contributed by atoms with Crippen molar-refractivity contribution in [2.24, 2.45) is 0 Å². The lowest BCUT2D eigenvalue weighted by molar-refractivity contribution is -0.141. The molecule has 0 aromatic heterocycles. The second-order valence-corrected chi connectivity index (χ2v) is 5.85. The van der Waals surface area contributed by atoms with E-state index in [1.807, 2.05) is 0 Å². The quantitative estimate of drug-likeness (QED) is 0.500. The monoisotopic (exact) mass is 350 g/mol. The second kappa shape index (κ2) is 8.48. The third-order valence-electron chi connectivity index (χ3n) is 3.83. The van der Waals surface area contributed by atoms with Crippen LogP contribution in [0.3, 0.4) is 0 Å². The molecule has 1 saturated heterocycles. The van der Waals surface area contributed by atoms with Crippen molar-refractivity contribution in [3.63, 3.8) is 0 Å². The number of aliphatic carboxylic acids is 1. The maximum atomic E-state index is 12.4. The fraction of sp³-hybridized carbons (Fsp3) is 0.471. The van der Waals surface area contributed by atoms with Crippen molar-refractivity contribution in [1.82, 2.24) is 5.32 Å². The Bertz CT molecular complexity index is 655. The molecular weight excluding hydrogens is 328 g/mol. The second-order valence-electron chi connectivity index (χ2n) is 5.85. The molecule has 1 aliphatic heterocycles. The maximum absolute atomic E-state index is 12.4. The van der Waals surface area contributed by atoms with Crippen LogP contribution in [0.15, 0.2) is 18.2 Å². The highest BCUT2D eigenvalue weighted by atomic mass is 16.7. The highest BCUT2D eigenvalue weighted by molar-refractivity contribution is 6.04. The summed E-state index contributed by atoms with van der Waals surface area (Å²) in [5.41, 5.74) is 6.31. The minimum atomic E-state index is -1.31. The smallest absolute Gasteiger partial charge is 0.326 e. The first-order chi connectivity index (χ1) is 11.9. The van der Waals surface area contributed by atoms with Gasteiger partial charge in [0.1, 0.15) is 11.8 Å². The summed E-state index contributed by atoms with van der Waals surface area (Å²) < 4.78 is 11.2. The van der Waals surface area contributed by atoms with Gasteiger partial charge in [-0.15, -0.1) is 0 Å². The number of hydrogen-bond acceptors (Lipinski definition) is 6. The van der Waals surface area contributed by atoms with E-state index in [2.05, 4.69) is 5.32 Å². The zero-order chi connectivity index (χ0) is 18.4. The molecule has 0 spiro atoms. The number of carboxylic acids is 1. The number of nitrogens with two attached hydrogens (primary N) is 1. The summed E-state index contributed by atoms with van der Waals surface area (Å²) in [6.45, 7) is 1.80. The lowest BCUT2D eigenvalue weighted by atomic mass is 10.0. The third-order valence-corrected chi connectivity index (χ3v) is 3.83. The lowest BCUT2D eigenvalue weighted by Crippen LogP contribution is -2.41. The van der Waals surface area contributed by atoms with Gasteiger partial charge in [0.15, 0.2) is 12.1 Å². The molecule has 136 valence electrons. The molecule has 1 heterocycles. The number of anilines is 1. The van der Waals surface area contributed by atoms with Crippen molar-refractivity contribution in [3.05, 3.63) is 23.8 Å². The van der Waals surface area contributed by atoms with Crippen LogP contribution in [0.5, 0.6) is 5.75 Å². The third kappa shape index (κ3) is 5.18. The zero-order valence-electron chi connectivity index (χ0n) is 14.0. The molecule has 0 saturated carbocycles. The number of Topliss-reactive ketones (excluding diaryl/α,β-unsaturated/α-hetero) is 1. The fourth-order valence-electron chi connectivity index (χ4n) is 2.58. The van der Waals surface area contributed by atoms with E-state index in [0.717, 1.165) is 19.3 Å². The number of ether oxygens (including phenoxy) is 2. The number of nitrogens with one attached hydrogen (secondary N) is 1. The van der Waals surface area contributed by atoms with Crippen LogP contribution in [0.4, 0.5) is 5.69 Å². The SMILES string of the molecule is CC(=O)N[C@@H](CC(=O)c1cccc(OC2CCCCO2)c1N)C(=O)O. The van der Waals surface area contributed by atoms with Crippen molar-refractivity contribution in [2.75, 3.05) is 12.3 Å². The molecule has 8 heteroatoms. The first-order valence-electron chi connectivity index (χ1n) is 8.08. The van der Waals surface area contributed by atoms with Crippen LogP contribution in [0, 0.1) is 0 Å². The Kier molecular flexibility index (Phi) is 6.35. The molecule has 2 atom stereocenters. The van der Waals surface area contributed by atoms with Gasteiger partial charge in [-0.1, -0.05) is 6.07 Å². The van der Waals surface area contributed by atoms with Crippen molar-refractivity contribution in [2.45, 2.75) is 44.9 Å². The topological polar surface area (TPSA) is 128 Å². The van der Waals surface area contributed by atoms with Gasteiger partial charge in [0.25, 0.3) is 0 Å². The zero-order valence-corrected chi connectivity index (χ0v) is 14.0. The molecule has 25 heavy (non-hydrogen) atoms. The van der Waals surface area contributed by atoms with Crippen LogP contribution in [0.2, 0.25) is 0 Å². The summed E-state index contributed by atoms with van der Waals surface area (Å²) in [4.78, 5) is 34.7. The Morgan fingerprint density at radius 1 is 1.40 bits per heavy atom. The highest BCUT2D eigenvalue weighted by Crippen LogP contribution is 2.29. The Hall–Kier alpha value is -2.61. The molecule has 0 bridgehead atoms. The first kappa shape index (κ1) is 18.7. The predicted molar refractivity (Wildman–Crippen MR) is 89.3 cm³/mol. The molecule has 0 aliphatic carbocycles. The number of carbonyl (C=O) groups excluding carboxylic acids is 2. The van der Waals surface area contributed by atoms with E-state index in [1.54, 1.807) is 12.1 Å². The fourth-order valence-corrected chi connectivity index (χ4v) is 2.58. The van der Waals surface area contributed by atoms with Crippen LogP contribution in [0.25, 0.3) is 0 Å². The van der Waals surface area contributed by atoms with Gasteiger partial charge in [-0.2, -0.15) is 0 Å². The molecule has 4 N–H and O–H groups in total.